The first-order valence-electron chi connectivity index (χ1n) is 9.11. The molecular weight excluding hydrogens is 350 g/mol. The van der Waals surface area contributed by atoms with E-state index in [0.717, 1.165) is 18.8 Å². The summed E-state index contributed by atoms with van der Waals surface area (Å²) in [6, 6.07) is 1.81. The highest BCUT2D eigenvalue weighted by Crippen LogP contribution is 2.17. The Morgan fingerprint density at radius 1 is 1.07 bits per heavy atom. The van der Waals surface area contributed by atoms with Gasteiger partial charge in [-0.05, 0) is 20.0 Å². The first-order chi connectivity index (χ1) is 13.0. The highest BCUT2D eigenvalue weighted by atomic mass is 16.6. The molecule has 0 aromatic carbocycles. The Balaban J connectivity index is 1.42. The molecule has 1 fully saturated rings. The number of nitrogens with zero attached hydrogens (tertiary/aromatic N) is 7. The monoisotopic (exact) mass is 373 g/mol. The van der Waals surface area contributed by atoms with Crippen molar-refractivity contribution in [2.24, 2.45) is 0 Å². The first kappa shape index (κ1) is 17.7. The Labute approximate surface area is 156 Å². The topological polar surface area (TPSA) is 101 Å². The van der Waals surface area contributed by atoms with E-state index in [1.807, 2.05) is 15.6 Å². The number of hydrogen-bond acceptors (Lipinski definition) is 7. The van der Waals surface area contributed by atoms with Crippen molar-refractivity contribution in [1.29, 1.82) is 0 Å². The van der Waals surface area contributed by atoms with Crippen LogP contribution in [0.5, 0.6) is 0 Å². The van der Waals surface area contributed by atoms with Crippen LogP contribution >= 0.6 is 0 Å². The fourth-order valence-corrected chi connectivity index (χ4v) is 3.42. The lowest BCUT2D eigenvalue weighted by Gasteiger charge is -2.31. The lowest BCUT2D eigenvalue weighted by molar-refractivity contribution is -0.132. The molecule has 1 saturated heterocycles. The molecule has 144 valence electrons. The van der Waals surface area contributed by atoms with E-state index in [2.05, 4.69) is 32.0 Å². The maximum Gasteiger partial charge on any atom is 0.274 e. The minimum atomic E-state index is -0.0350. The molecule has 0 N–H and O–H groups in total. The van der Waals surface area contributed by atoms with Gasteiger partial charge in [0.05, 0.1) is 25.2 Å². The molecule has 2 aromatic heterocycles. The Morgan fingerprint density at radius 3 is 2.52 bits per heavy atom. The van der Waals surface area contributed by atoms with Gasteiger partial charge in [-0.2, -0.15) is 5.10 Å². The molecule has 2 aliphatic rings. The van der Waals surface area contributed by atoms with Gasteiger partial charge < -0.3 is 14.7 Å². The molecule has 0 bridgehead atoms. The number of carbonyl (C=O) groups is 2. The molecule has 0 saturated carbocycles. The Kier molecular flexibility index (Phi) is 4.65. The largest absolute Gasteiger partial charge is 0.335 e. The molecule has 0 aliphatic carbocycles. The predicted molar refractivity (Wildman–Crippen MR) is 93.8 cm³/mol. The molecule has 4 rings (SSSR count). The van der Waals surface area contributed by atoms with E-state index in [1.165, 1.54) is 0 Å². The van der Waals surface area contributed by atoms with Crippen molar-refractivity contribution in [3.8, 4) is 0 Å². The van der Waals surface area contributed by atoms with Crippen molar-refractivity contribution in [3.05, 3.63) is 28.8 Å². The number of fused-ring (bicyclic) bond motifs is 1. The molecule has 2 amide bonds. The summed E-state index contributed by atoms with van der Waals surface area (Å²) in [7, 11) is 2.05. The number of amides is 2. The fourth-order valence-electron chi connectivity index (χ4n) is 3.42. The van der Waals surface area contributed by atoms with Crippen LogP contribution in [0.1, 0.15) is 27.6 Å². The van der Waals surface area contributed by atoms with Crippen LogP contribution in [0.25, 0.3) is 0 Å². The van der Waals surface area contributed by atoms with E-state index in [-0.39, 0.29) is 18.2 Å². The van der Waals surface area contributed by atoms with Gasteiger partial charge in [0.25, 0.3) is 5.91 Å². The molecular formula is C17H23N7O3. The normalized spacial score (nSPS) is 17.9. The van der Waals surface area contributed by atoms with Gasteiger partial charge in [-0.25, -0.2) is 4.63 Å². The molecule has 0 atom stereocenters. The summed E-state index contributed by atoms with van der Waals surface area (Å²) >= 11 is 0. The van der Waals surface area contributed by atoms with Crippen LogP contribution in [0, 0.1) is 6.92 Å². The van der Waals surface area contributed by atoms with Gasteiger partial charge in [0.15, 0.2) is 5.69 Å². The summed E-state index contributed by atoms with van der Waals surface area (Å²) < 4.78 is 6.48. The quantitative estimate of drug-likeness (QED) is 0.718. The van der Waals surface area contributed by atoms with Gasteiger partial charge in [0.1, 0.15) is 11.4 Å². The Bertz CT molecular complexity index is 851. The average molecular weight is 373 g/mol. The zero-order valence-electron chi connectivity index (χ0n) is 15.6. The van der Waals surface area contributed by atoms with Crippen LogP contribution in [0.2, 0.25) is 0 Å². The van der Waals surface area contributed by atoms with E-state index in [9.17, 15) is 9.59 Å². The van der Waals surface area contributed by atoms with Gasteiger partial charge in [-0.3, -0.25) is 14.3 Å². The van der Waals surface area contributed by atoms with E-state index in [1.54, 1.807) is 11.8 Å². The average Bonchev–Trinajstić information content (AvgIpc) is 3.27. The van der Waals surface area contributed by atoms with E-state index >= 15 is 0 Å². The number of rotatable bonds is 3. The van der Waals surface area contributed by atoms with Crippen molar-refractivity contribution in [1.82, 2.24) is 34.8 Å². The molecule has 10 nitrogen and oxygen atoms in total. The Morgan fingerprint density at radius 2 is 1.81 bits per heavy atom. The summed E-state index contributed by atoms with van der Waals surface area (Å²) in [4.78, 5) is 31.1. The maximum absolute atomic E-state index is 12.7. The van der Waals surface area contributed by atoms with Crippen LogP contribution in [0.3, 0.4) is 0 Å². The third kappa shape index (κ3) is 3.57. The number of piperazine rings is 1. The molecule has 10 heteroatoms. The van der Waals surface area contributed by atoms with E-state index in [0.29, 0.717) is 49.8 Å². The summed E-state index contributed by atoms with van der Waals surface area (Å²) in [5.41, 5.74) is 2.53. The maximum atomic E-state index is 12.7. The third-order valence-electron chi connectivity index (χ3n) is 5.23. The van der Waals surface area contributed by atoms with Crippen LogP contribution in [0.4, 0.5) is 0 Å². The lowest BCUT2D eigenvalue weighted by Crippen LogP contribution is -2.47. The molecule has 27 heavy (non-hydrogen) atoms. The zero-order chi connectivity index (χ0) is 19.0. The minimum absolute atomic E-state index is 0.0341. The standard InChI is InChI=1S/C17H23N7O3/c1-12-14(20-27-19-12)10-16(25)23-7-8-24-13(11-23)9-15(18-24)17(26)22-5-3-21(2)4-6-22/h9H,3-8,10-11H2,1-2H3. The van der Waals surface area contributed by atoms with E-state index < -0.39 is 0 Å². The van der Waals surface area contributed by atoms with Crippen molar-refractivity contribution >= 4 is 11.8 Å². The van der Waals surface area contributed by atoms with Crippen LogP contribution in [-0.2, 0) is 24.3 Å². The second-order valence-corrected chi connectivity index (χ2v) is 7.13. The molecule has 0 radical (unpaired) electrons. The zero-order valence-corrected chi connectivity index (χ0v) is 15.6. The third-order valence-corrected chi connectivity index (χ3v) is 5.23. The van der Waals surface area contributed by atoms with E-state index in [4.69, 9.17) is 0 Å². The smallest absolute Gasteiger partial charge is 0.274 e. The van der Waals surface area contributed by atoms with Gasteiger partial charge in [0, 0.05) is 32.7 Å². The predicted octanol–water partition coefficient (Wildman–Crippen LogP) is -0.453. The second kappa shape index (κ2) is 7.10. The van der Waals surface area contributed by atoms with Crippen LogP contribution in [-0.4, -0.2) is 86.4 Å². The van der Waals surface area contributed by atoms with Crippen molar-refractivity contribution in [2.75, 3.05) is 39.8 Å². The summed E-state index contributed by atoms with van der Waals surface area (Å²) in [6.07, 6.45) is 0.163. The first-order valence-corrected chi connectivity index (χ1v) is 9.11. The molecule has 0 unspecified atom stereocenters. The van der Waals surface area contributed by atoms with Crippen molar-refractivity contribution < 1.29 is 14.2 Å². The summed E-state index contributed by atoms with van der Waals surface area (Å²) in [6.45, 7) is 6.51. The Hall–Kier alpha value is -2.75. The SMILES string of the molecule is Cc1nonc1CC(=O)N1CCn2nc(C(=O)N3CCN(C)CC3)cc2C1. The number of carbonyl (C=O) groups excluding carboxylic acids is 2. The molecule has 0 spiro atoms. The molecule has 4 heterocycles. The summed E-state index contributed by atoms with van der Waals surface area (Å²) in [5, 5.41) is 11.9. The number of aryl methyl sites for hydroxylation is 1. The number of likely N-dealkylation sites (N-methyl/N-ethyl adjacent to an activating group) is 1. The number of hydrogen-bond donors (Lipinski definition) is 0. The van der Waals surface area contributed by atoms with Gasteiger partial charge in [-0.1, -0.05) is 10.3 Å². The van der Waals surface area contributed by atoms with Gasteiger partial charge >= 0.3 is 0 Å². The van der Waals surface area contributed by atoms with Crippen LogP contribution < -0.4 is 0 Å². The lowest BCUT2D eigenvalue weighted by atomic mass is 10.2. The van der Waals surface area contributed by atoms with Gasteiger partial charge in [0.2, 0.25) is 5.91 Å². The second-order valence-electron chi connectivity index (χ2n) is 7.13. The molecule has 2 aliphatic heterocycles. The van der Waals surface area contributed by atoms with Crippen molar-refractivity contribution in [2.45, 2.75) is 26.4 Å². The highest BCUT2D eigenvalue weighted by Gasteiger charge is 2.27. The highest BCUT2D eigenvalue weighted by molar-refractivity contribution is 5.92. The number of aromatic nitrogens is 4. The van der Waals surface area contributed by atoms with Crippen molar-refractivity contribution in [3.63, 3.8) is 0 Å². The summed E-state index contributed by atoms with van der Waals surface area (Å²) in [5.74, 6) is -0.0691. The van der Waals surface area contributed by atoms with Gasteiger partial charge in [-0.15, -0.1) is 0 Å². The minimum Gasteiger partial charge on any atom is -0.335 e. The molecule has 2 aromatic rings. The van der Waals surface area contributed by atoms with Crippen LogP contribution in [0.15, 0.2) is 10.7 Å². The fraction of sp³-hybridized carbons (Fsp3) is 0.588.